The summed E-state index contributed by atoms with van der Waals surface area (Å²) >= 11 is 13.0. The zero-order valence-electron chi connectivity index (χ0n) is 17.2. The highest BCUT2D eigenvalue weighted by atomic mass is 35.5. The lowest BCUT2D eigenvalue weighted by Gasteiger charge is -2.12. The van der Waals surface area contributed by atoms with Crippen molar-refractivity contribution >= 4 is 23.2 Å². The van der Waals surface area contributed by atoms with Gasteiger partial charge in [0.25, 0.3) is 0 Å². The number of nitrogens with zero attached hydrogens (tertiary/aromatic N) is 1. The largest absolute Gasteiger partial charge is 0.496 e. The van der Waals surface area contributed by atoms with Crippen molar-refractivity contribution in [3.63, 3.8) is 0 Å². The summed E-state index contributed by atoms with van der Waals surface area (Å²) in [7, 11) is 4.76. The molecule has 0 radical (unpaired) electrons. The van der Waals surface area contributed by atoms with Gasteiger partial charge in [0.2, 0.25) is 0 Å². The molecule has 7 heteroatoms. The van der Waals surface area contributed by atoms with Crippen molar-refractivity contribution in [2.45, 2.75) is 0 Å². The summed E-state index contributed by atoms with van der Waals surface area (Å²) in [6, 6.07) is 18.7. The molecule has 0 saturated carbocycles. The van der Waals surface area contributed by atoms with Crippen LogP contribution in [-0.4, -0.2) is 31.3 Å². The second kappa shape index (κ2) is 8.92. The normalized spacial score (nSPS) is 10.7. The smallest absolute Gasteiger partial charge is 0.164 e. The second-order valence-corrected chi connectivity index (χ2v) is 7.49. The third kappa shape index (κ3) is 3.94. The Labute approximate surface area is 190 Å². The summed E-state index contributed by atoms with van der Waals surface area (Å²) in [5.74, 6) is 2.30. The fourth-order valence-corrected chi connectivity index (χ4v) is 3.88. The maximum absolute atomic E-state index is 6.52. The molecule has 0 aliphatic rings. The molecule has 0 amide bonds. The van der Waals surface area contributed by atoms with Gasteiger partial charge < -0.3 is 19.2 Å². The van der Waals surface area contributed by atoms with Crippen molar-refractivity contribution in [2.75, 3.05) is 21.3 Å². The van der Waals surface area contributed by atoms with Gasteiger partial charge in [-0.15, -0.1) is 0 Å². The molecule has 0 atom stereocenters. The van der Waals surface area contributed by atoms with Crippen molar-refractivity contribution in [3.05, 3.63) is 70.7 Å². The maximum Gasteiger partial charge on any atom is 0.164 e. The maximum atomic E-state index is 6.52. The molecule has 158 valence electrons. The highest BCUT2D eigenvalue weighted by molar-refractivity contribution is 6.34. The van der Waals surface area contributed by atoms with Crippen LogP contribution < -0.4 is 14.2 Å². The first-order chi connectivity index (χ1) is 15.1. The number of H-pyrrole nitrogens is 1. The number of rotatable bonds is 6. The van der Waals surface area contributed by atoms with E-state index in [0.29, 0.717) is 44.4 Å². The minimum atomic E-state index is 0.562. The summed E-state index contributed by atoms with van der Waals surface area (Å²) in [6.45, 7) is 0. The van der Waals surface area contributed by atoms with Gasteiger partial charge in [-0.05, 0) is 18.2 Å². The molecule has 0 spiro atoms. The SMILES string of the molecule is COc1cc(OC)c(-c2nc(-c3ccccc3Cl)c(-c3ccccc3Cl)[nH]2)cc1OC. The lowest BCUT2D eigenvalue weighted by atomic mass is 10.1. The monoisotopic (exact) mass is 454 g/mol. The summed E-state index contributed by atoms with van der Waals surface area (Å²) in [6.07, 6.45) is 0. The van der Waals surface area contributed by atoms with Gasteiger partial charge in [-0.1, -0.05) is 59.6 Å². The van der Waals surface area contributed by atoms with Crippen LogP contribution in [0.5, 0.6) is 17.2 Å². The van der Waals surface area contributed by atoms with E-state index in [4.69, 9.17) is 42.4 Å². The Balaban J connectivity index is 1.99. The number of hydrogen-bond donors (Lipinski definition) is 1. The molecule has 1 N–H and O–H groups in total. The number of aromatic amines is 1. The predicted octanol–water partition coefficient (Wildman–Crippen LogP) is 6.74. The minimum Gasteiger partial charge on any atom is -0.496 e. The van der Waals surface area contributed by atoms with E-state index in [1.54, 1.807) is 27.4 Å². The van der Waals surface area contributed by atoms with Gasteiger partial charge in [0.1, 0.15) is 11.6 Å². The number of benzene rings is 3. The van der Waals surface area contributed by atoms with Gasteiger partial charge in [0.15, 0.2) is 11.5 Å². The second-order valence-electron chi connectivity index (χ2n) is 6.68. The van der Waals surface area contributed by atoms with Crippen LogP contribution in [0.15, 0.2) is 60.7 Å². The van der Waals surface area contributed by atoms with Gasteiger partial charge in [0.05, 0.1) is 43.3 Å². The first kappa shape index (κ1) is 21.1. The van der Waals surface area contributed by atoms with Crippen molar-refractivity contribution < 1.29 is 14.2 Å². The number of methoxy groups -OCH3 is 3. The van der Waals surface area contributed by atoms with Gasteiger partial charge >= 0.3 is 0 Å². The van der Waals surface area contributed by atoms with Gasteiger partial charge in [-0.2, -0.15) is 0 Å². The van der Waals surface area contributed by atoms with Crippen LogP contribution in [0.2, 0.25) is 10.0 Å². The molecule has 4 aromatic rings. The molecule has 0 saturated heterocycles. The molecule has 0 bridgehead atoms. The summed E-state index contributed by atoms with van der Waals surface area (Å²) < 4.78 is 16.5. The Bertz CT molecular complexity index is 1170. The van der Waals surface area contributed by atoms with Crippen LogP contribution in [-0.2, 0) is 0 Å². The standard InChI is InChI=1S/C24H20Cl2N2O3/c1-29-19-13-21(31-3)20(30-2)12-16(19)24-27-22(14-8-4-6-10-17(14)25)23(28-24)15-9-5-7-11-18(15)26/h4-13H,1-3H3,(H,27,28). The van der Waals surface area contributed by atoms with E-state index in [0.717, 1.165) is 16.8 Å². The highest BCUT2D eigenvalue weighted by Crippen LogP contribution is 2.43. The Kier molecular flexibility index (Phi) is 6.07. The third-order valence-corrected chi connectivity index (χ3v) is 5.60. The fourth-order valence-electron chi connectivity index (χ4n) is 3.42. The topological polar surface area (TPSA) is 56.4 Å². The molecule has 3 aromatic carbocycles. The molecule has 0 aliphatic heterocycles. The van der Waals surface area contributed by atoms with Gasteiger partial charge in [-0.25, -0.2) is 4.98 Å². The lowest BCUT2D eigenvalue weighted by Crippen LogP contribution is -1.95. The van der Waals surface area contributed by atoms with Crippen LogP contribution in [0.4, 0.5) is 0 Å². The Morgan fingerprint density at radius 3 is 1.81 bits per heavy atom. The van der Waals surface area contributed by atoms with E-state index in [1.165, 1.54) is 0 Å². The predicted molar refractivity (Wildman–Crippen MR) is 125 cm³/mol. The van der Waals surface area contributed by atoms with Crippen molar-refractivity contribution in [1.82, 2.24) is 9.97 Å². The zero-order valence-corrected chi connectivity index (χ0v) is 18.7. The molecule has 5 nitrogen and oxygen atoms in total. The number of aromatic nitrogens is 2. The van der Waals surface area contributed by atoms with Gasteiger partial charge in [-0.3, -0.25) is 0 Å². The minimum absolute atomic E-state index is 0.562. The average Bonchev–Trinajstić information content (AvgIpc) is 3.23. The van der Waals surface area contributed by atoms with E-state index < -0.39 is 0 Å². The van der Waals surface area contributed by atoms with Crippen LogP contribution in [0.25, 0.3) is 33.9 Å². The number of imidazole rings is 1. The Morgan fingerprint density at radius 2 is 1.23 bits per heavy atom. The van der Waals surface area contributed by atoms with Crippen LogP contribution in [0, 0.1) is 0 Å². The quantitative estimate of drug-likeness (QED) is 0.350. The highest BCUT2D eigenvalue weighted by Gasteiger charge is 2.22. The zero-order chi connectivity index (χ0) is 22.0. The average molecular weight is 455 g/mol. The van der Waals surface area contributed by atoms with Crippen molar-refractivity contribution in [3.8, 4) is 51.2 Å². The molecule has 1 aromatic heterocycles. The van der Waals surface area contributed by atoms with E-state index in [-0.39, 0.29) is 0 Å². The molecular weight excluding hydrogens is 435 g/mol. The number of nitrogens with one attached hydrogen (secondary N) is 1. The first-order valence-electron chi connectivity index (χ1n) is 9.47. The van der Waals surface area contributed by atoms with Crippen LogP contribution in [0.3, 0.4) is 0 Å². The summed E-state index contributed by atoms with van der Waals surface area (Å²) in [5, 5.41) is 1.19. The van der Waals surface area contributed by atoms with Crippen LogP contribution >= 0.6 is 23.2 Å². The van der Waals surface area contributed by atoms with E-state index in [9.17, 15) is 0 Å². The fraction of sp³-hybridized carbons (Fsp3) is 0.125. The Morgan fingerprint density at radius 1 is 0.677 bits per heavy atom. The van der Waals surface area contributed by atoms with E-state index in [1.807, 2.05) is 54.6 Å². The molecule has 0 fully saturated rings. The molecule has 0 unspecified atom stereocenters. The number of hydrogen-bond acceptors (Lipinski definition) is 4. The van der Waals surface area contributed by atoms with Crippen LogP contribution in [0.1, 0.15) is 0 Å². The van der Waals surface area contributed by atoms with Crippen molar-refractivity contribution in [2.24, 2.45) is 0 Å². The number of ether oxygens (including phenoxy) is 3. The molecule has 0 aliphatic carbocycles. The summed E-state index contributed by atoms with van der Waals surface area (Å²) in [4.78, 5) is 8.31. The first-order valence-corrected chi connectivity index (χ1v) is 10.2. The number of halogens is 2. The Hall–Kier alpha value is -3.15. The lowest BCUT2D eigenvalue weighted by molar-refractivity contribution is 0.349. The molecule has 31 heavy (non-hydrogen) atoms. The molecular formula is C24H20Cl2N2O3. The van der Waals surface area contributed by atoms with Gasteiger partial charge in [0, 0.05) is 22.2 Å². The summed E-state index contributed by atoms with van der Waals surface area (Å²) in [5.41, 5.74) is 3.76. The van der Waals surface area contributed by atoms with E-state index >= 15 is 0 Å². The van der Waals surface area contributed by atoms with E-state index in [2.05, 4.69) is 4.98 Å². The third-order valence-electron chi connectivity index (χ3n) is 4.94. The van der Waals surface area contributed by atoms with Crippen molar-refractivity contribution in [1.29, 1.82) is 0 Å². The molecule has 4 rings (SSSR count). The molecule has 1 heterocycles.